The van der Waals surface area contributed by atoms with E-state index < -0.39 is 6.10 Å². The third kappa shape index (κ3) is 1.48. The van der Waals surface area contributed by atoms with E-state index in [2.05, 4.69) is 12.2 Å². The van der Waals surface area contributed by atoms with Crippen LogP contribution in [-0.4, -0.2) is 34.0 Å². The van der Waals surface area contributed by atoms with Crippen LogP contribution in [0.4, 0.5) is 0 Å². The van der Waals surface area contributed by atoms with E-state index in [4.69, 9.17) is 0 Å². The van der Waals surface area contributed by atoms with Gasteiger partial charge in [-0.2, -0.15) is 0 Å². The third-order valence-corrected chi connectivity index (χ3v) is 4.63. The lowest BCUT2D eigenvalue weighted by molar-refractivity contribution is -0.143. The molecule has 2 bridgehead atoms. The fourth-order valence-corrected chi connectivity index (χ4v) is 3.96. The molecule has 6 atom stereocenters. The number of rotatable bonds is 3. The molecule has 6 unspecified atom stereocenters. The van der Waals surface area contributed by atoms with Crippen LogP contribution in [0.15, 0.2) is 12.2 Å². The van der Waals surface area contributed by atoms with Crippen LogP contribution in [0.2, 0.25) is 0 Å². The fraction of sp³-hybridized carbons (Fsp3) is 0.714. The summed E-state index contributed by atoms with van der Waals surface area (Å²) in [6, 6.07) is -0.199. The largest absolute Gasteiger partial charge is 0.393 e. The lowest BCUT2D eigenvalue weighted by atomic mass is 9.85. The minimum absolute atomic E-state index is 0.0185. The predicted octanol–water partition coefficient (Wildman–Crippen LogP) is 0.953. The second-order valence-corrected chi connectivity index (χ2v) is 5.98. The zero-order valence-electron chi connectivity index (χ0n) is 10.7. The number of hydrogen-bond acceptors (Lipinski definition) is 3. The first-order valence-electron chi connectivity index (χ1n) is 6.74. The van der Waals surface area contributed by atoms with E-state index in [1.54, 1.807) is 6.92 Å². The van der Waals surface area contributed by atoms with Gasteiger partial charge in [0, 0.05) is 6.04 Å². The van der Waals surface area contributed by atoms with E-state index in [0.717, 1.165) is 6.42 Å². The van der Waals surface area contributed by atoms with Crippen molar-refractivity contribution in [1.82, 2.24) is 4.90 Å². The fourth-order valence-electron chi connectivity index (χ4n) is 3.96. The van der Waals surface area contributed by atoms with E-state index in [9.17, 15) is 14.7 Å². The summed E-state index contributed by atoms with van der Waals surface area (Å²) in [5.74, 6) is 0.248. The average molecular weight is 249 g/mol. The first-order valence-corrected chi connectivity index (χ1v) is 6.74. The number of fused-ring (bicyclic) bond motifs is 5. The number of carbonyl (C=O) groups is 2. The van der Waals surface area contributed by atoms with E-state index >= 15 is 0 Å². The second kappa shape index (κ2) is 3.92. The lowest BCUT2D eigenvalue weighted by Gasteiger charge is -2.25. The van der Waals surface area contributed by atoms with Gasteiger partial charge in [0.2, 0.25) is 11.8 Å². The zero-order chi connectivity index (χ0) is 13.0. The number of aliphatic hydroxyl groups is 1. The van der Waals surface area contributed by atoms with Gasteiger partial charge >= 0.3 is 0 Å². The molecular formula is C14H19NO3. The van der Waals surface area contributed by atoms with Crippen LogP contribution in [0.3, 0.4) is 0 Å². The first kappa shape index (κ1) is 11.9. The number of imide groups is 1. The molecule has 1 saturated heterocycles. The van der Waals surface area contributed by atoms with E-state index in [0.29, 0.717) is 6.42 Å². The Morgan fingerprint density at radius 3 is 2.17 bits per heavy atom. The number of carbonyl (C=O) groups excluding carboxylic acids is 2. The van der Waals surface area contributed by atoms with Gasteiger partial charge in [-0.05, 0) is 38.5 Å². The molecule has 18 heavy (non-hydrogen) atoms. The number of aliphatic hydroxyl groups excluding tert-OH is 1. The highest BCUT2D eigenvalue weighted by atomic mass is 16.3. The molecule has 2 amide bonds. The van der Waals surface area contributed by atoms with Gasteiger partial charge in [-0.1, -0.05) is 12.2 Å². The maximum atomic E-state index is 12.4. The molecule has 4 nitrogen and oxygen atoms in total. The SMILES string of the molecule is CC(O)CC(C)N1C(=O)C2C3C=CC(C3)C2C1=O. The van der Waals surface area contributed by atoms with Crippen LogP contribution in [-0.2, 0) is 9.59 Å². The van der Waals surface area contributed by atoms with Crippen molar-refractivity contribution in [3.63, 3.8) is 0 Å². The zero-order valence-corrected chi connectivity index (χ0v) is 10.7. The summed E-state index contributed by atoms with van der Waals surface area (Å²) in [5.41, 5.74) is 0. The Bertz CT molecular complexity index is 399. The molecule has 4 heteroatoms. The molecule has 2 fully saturated rings. The Morgan fingerprint density at radius 1 is 1.22 bits per heavy atom. The summed E-state index contributed by atoms with van der Waals surface area (Å²) in [7, 11) is 0. The molecule has 1 aliphatic heterocycles. The molecule has 1 saturated carbocycles. The molecule has 0 aromatic rings. The summed E-state index contributed by atoms with van der Waals surface area (Å²) in [6.45, 7) is 3.53. The van der Waals surface area contributed by atoms with Crippen LogP contribution in [0, 0.1) is 23.7 Å². The van der Waals surface area contributed by atoms with Crippen molar-refractivity contribution in [3.05, 3.63) is 12.2 Å². The summed E-state index contributed by atoms with van der Waals surface area (Å²) in [4.78, 5) is 26.2. The van der Waals surface area contributed by atoms with Gasteiger partial charge in [-0.25, -0.2) is 0 Å². The Labute approximate surface area is 107 Å². The molecule has 0 aromatic heterocycles. The number of likely N-dealkylation sites (tertiary alicyclic amines) is 1. The minimum Gasteiger partial charge on any atom is -0.393 e. The van der Waals surface area contributed by atoms with Crippen molar-refractivity contribution < 1.29 is 14.7 Å². The van der Waals surface area contributed by atoms with Gasteiger partial charge < -0.3 is 5.11 Å². The van der Waals surface area contributed by atoms with Crippen molar-refractivity contribution in [3.8, 4) is 0 Å². The minimum atomic E-state index is -0.490. The first-order chi connectivity index (χ1) is 8.50. The van der Waals surface area contributed by atoms with Crippen LogP contribution in [0.1, 0.15) is 26.7 Å². The van der Waals surface area contributed by atoms with Crippen LogP contribution < -0.4 is 0 Å². The van der Waals surface area contributed by atoms with Crippen molar-refractivity contribution in [2.75, 3.05) is 0 Å². The number of hydrogen-bond donors (Lipinski definition) is 1. The molecule has 0 radical (unpaired) electrons. The molecule has 1 N–H and O–H groups in total. The molecule has 0 spiro atoms. The van der Waals surface area contributed by atoms with Gasteiger partial charge in [-0.3, -0.25) is 14.5 Å². The molecule has 3 rings (SSSR count). The van der Waals surface area contributed by atoms with Crippen molar-refractivity contribution in [2.24, 2.45) is 23.7 Å². The second-order valence-electron chi connectivity index (χ2n) is 5.98. The highest BCUT2D eigenvalue weighted by Crippen LogP contribution is 2.52. The third-order valence-electron chi connectivity index (χ3n) is 4.63. The molecule has 0 aromatic carbocycles. The predicted molar refractivity (Wildman–Crippen MR) is 65.3 cm³/mol. The normalized spacial score (nSPS) is 40.5. The quantitative estimate of drug-likeness (QED) is 0.598. The molecule has 98 valence electrons. The van der Waals surface area contributed by atoms with E-state index in [1.165, 1.54) is 4.90 Å². The lowest BCUT2D eigenvalue weighted by Crippen LogP contribution is -2.41. The van der Waals surface area contributed by atoms with Crippen molar-refractivity contribution in [2.45, 2.75) is 38.8 Å². The van der Waals surface area contributed by atoms with Gasteiger partial charge in [0.15, 0.2) is 0 Å². The Kier molecular flexibility index (Phi) is 2.59. The Hall–Kier alpha value is -1.16. The van der Waals surface area contributed by atoms with Crippen LogP contribution in [0.5, 0.6) is 0 Å². The summed E-state index contributed by atoms with van der Waals surface area (Å²) in [5, 5.41) is 9.41. The maximum Gasteiger partial charge on any atom is 0.233 e. The van der Waals surface area contributed by atoms with Gasteiger partial charge in [0.1, 0.15) is 0 Å². The number of amides is 2. The van der Waals surface area contributed by atoms with Gasteiger partial charge in [-0.15, -0.1) is 0 Å². The standard InChI is InChI=1S/C14H19NO3/c1-7(5-8(2)16)15-13(17)11-9-3-4-10(6-9)12(11)14(15)18/h3-4,7-12,16H,5-6H2,1-2H3. The average Bonchev–Trinajstić information content (AvgIpc) is 2.91. The van der Waals surface area contributed by atoms with Crippen LogP contribution in [0.25, 0.3) is 0 Å². The highest BCUT2D eigenvalue weighted by Gasteiger charge is 2.59. The van der Waals surface area contributed by atoms with Gasteiger partial charge in [0.25, 0.3) is 0 Å². The topological polar surface area (TPSA) is 57.6 Å². The number of nitrogens with zero attached hydrogens (tertiary/aromatic N) is 1. The van der Waals surface area contributed by atoms with Crippen molar-refractivity contribution in [1.29, 1.82) is 0 Å². The molecule has 1 heterocycles. The smallest absolute Gasteiger partial charge is 0.233 e. The van der Waals surface area contributed by atoms with Crippen LogP contribution >= 0.6 is 0 Å². The molecule has 3 aliphatic rings. The summed E-state index contributed by atoms with van der Waals surface area (Å²) >= 11 is 0. The van der Waals surface area contributed by atoms with Gasteiger partial charge in [0.05, 0.1) is 17.9 Å². The highest BCUT2D eigenvalue weighted by molar-refractivity contribution is 6.06. The van der Waals surface area contributed by atoms with E-state index in [-0.39, 0.29) is 41.5 Å². The Balaban J connectivity index is 1.84. The Morgan fingerprint density at radius 2 is 1.72 bits per heavy atom. The summed E-state index contributed by atoms with van der Waals surface area (Å²) in [6.07, 6.45) is 5.13. The molecule has 2 aliphatic carbocycles. The monoisotopic (exact) mass is 249 g/mol. The van der Waals surface area contributed by atoms with E-state index in [1.807, 2.05) is 6.92 Å². The maximum absolute atomic E-state index is 12.4. The number of allylic oxidation sites excluding steroid dienone is 2. The summed E-state index contributed by atoms with van der Waals surface area (Å²) < 4.78 is 0. The van der Waals surface area contributed by atoms with Crippen molar-refractivity contribution >= 4 is 11.8 Å². The molecular weight excluding hydrogens is 230 g/mol.